The highest BCUT2D eigenvalue weighted by atomic mass is 14.7. The summed E-state index contributed by atoms with van der Waals surface area (Å²) in [5, 5.41) is 0. The normalized spacial score (nSPS) is 27.8. The van der Waals surface area contributed by atoms with Gasteiger partial charge in [0.2, 0.25) is 0 Å². The number of allylic oxidation sites excluding steroid dienone is 1. The van der Waals surface area contributed by atoms with Crippen LogP contribution in [0.25, 0.3) is 0 Å². The second-order valence-electron chi connectivity index (χ2n) is 2.33. The van der Waals surface area contributed by atoms with Crippen LogP contribution in [0, 0.1) is 5.92 Å². The Labute approximate surface area is 50.1 Å². The van der Waals surface area contributed by atoms with Gasteiger partial charge in [-0.15, -0.1) is 0 Å². The van der Waals surface area contributed by atoms with E-state index in [1.54, 1.807) is 0 Å². The minimum Gasteiger partial charge on any atom is -0.293 e. The fourth-order valence-corrected chi connectivity index (χ4v) is 0.698. The summed E-state index contributed by atoms with van der Waals surface area (Å²) in [6, 6.07) is 0. The van der Waals surface area contributed by atoms with Crippen molar-refractivity contribution < 1.29 is 0 Å². The highest BCUT2D eigenvalue weighted by molar-refractivity contribution is 5.73. The van der Waals surface area contributed by atoms with Crippen LogP contribution in [0.1, 0.15) is 13.8 Å². The Morgan fingerprint density at radius 3 is 2.88 bits per heavy atom. The SMILES string of the molecule is CC1=CC=NCC1C. The summed E-state index contributed by atoms with van der Waals surface area (Å²) in [6.45, 7) is 5.32. The highest BCUT2D eigenvalue weighted by Gasteiger charge is 2.03. The van der Waals surface area contributed by atoms with E-state index in [-0.39, 0.29) is 0 Å². The van der Waals surface area contributed by atoms with Crippen molar-refractivity contribution in [3.63, 3.8) is 0 Å². The molecule has 44 valence electrons. The molecule has 0 aromatic heterocycles. The molecule has 1 aliphatic heterocycles. The molecule has 0 fully saturated rings. The van der Waals surface area contributed by atoms with Gasteiger partial charge in [0.05, 0.1) is 0 Å². The zero-order valence-electron chi connectivity index (χ0n) is 5.39. The van der Waals surface area contributed by atoms with Gasteiger partial charge >= 0.3 is 0 Å². The van der Waals surface area contributed by atoms with Crippen molar-refractivity contribution >= 4 is 6.21 Å². The van der Waals surface area contributed by atoms with Crippen molar-refractivity contribution in [2.45, 2.75) is 13.8 Å². The molecule has 0 amide bonds. The number of hydrogen-bond acceptors (Lipinski definition) is 1. The molecule has 0 radical (unpaired) electrons. The van der Waals surface area contributed by atoms with Gasteiger partial charge in [-0.25, -0.2) is 0 Å². The Morgan fingerprint density at radius 1 is 1.75 bits per heavy atom. The van der Waals surface area contributed by atoms with Gasteiger partial charge in [-0.2, -0.15) is 0 Å². The third kappa shape index (κ3) is 0.971. The molecule has 0 aromatic rings. The standard InChI is InChI=1S/C7H11N/c1-6-3-4-8-5-7(6)2/h3-4,7H,5H2,1-2H3. The average molecular weight is 109 g/mol. The second-order valence-corrected chi connectivity index (χ2v) is 2.33. The first-order valence-electron chi connectivity index (χ1n) is 2.97. The number of nitrogens with zero attached hydrogens (tertiary/aromatic N) is 1. The number of rotatable bonds is 0. The molecule has 1 rings (SSSR count). The number of aliphatic imine (C=N–C) groups is 1. The molecule has 1 atom stereocenters. The summed E-state index contributed by atoms with van der Waals surface area (Å²) in [4.78, 5) is 4.11. The molecular weight excluding hydrogens is 98.1 g/mol. The van der Waals surface area contributed by atoms with Gasteiger partial charge in [0, 0.05) is 12.8 Å². The molecule has 0 saturated heterocycles. The first kappa shape index (κ1) is 5.54. The number of hydrogen-bond donors (Lipinski definition) is 0. The summed E-state index contributed by atoms with van der Waals surface area (Å²) >= 11 is 0. The van der Waals surface area contributed by atoms with Gasteiger partial charge in [0.1, 0.15) is 0 Å². The van der Waals surface area contributed by atoms with Crippen molar-refractivity contribution in [1.82, 2.24) is 0 Å². The third-order valence-corrected chi connectivity index (χ3v) is 1.60. The largest absolute Gasteiger partial charge is 0.293 e. The molecule has 0 aromatic carbocycles. The smallest absolute Gasteiger partial charge is 0.0452 e. The van der Waals surface area contributed by atoms with E-state index in [0.29, 0.717) is 5.92 Å². The van der Waals surface area contributed by atoms with Gasteiger partial charge in [-0.3, -0.25) is 4.99 Å². The van der Waals surface area contributed by atoms with Crippen molar-refractivity contribution in [2.24, 2.45) is 10.9 Å². The minimum atomic E-state index is 0.667. The van der Waals surface area contributed by atoms with E-state index >= 15 is 0 Å². The predicted octanol–water partition coefficient (Wildman–Crippen LogP) is 1.65. The van der Waals surface area contributed by atoms with Crippen LogP contribution in [0.5, 0.6) is 0 Å². The monoisotopic (exact) mass is 109 g/mol. The fourth-order valence-electron chi connectivity index (χ4n) is 0.698. The quantitative estimate of drug-likeness (QED) is 0.448. The van der Waals surface area contributed by atoms with Crippen LogP contribution in [0.2, 0.25) is 0 Å². The maximum Gasteiger partial charge on any atom is 0.0452 e. The van der Waals surface area contributed by atoms with E-state index in [1.807, 2.05) is 6.21 Å². The molecule has 0 saturated carbocycles. The lowest BCUT2D eigenvalue weighted by atomic mass is 10.0. The van der Waals surface area contributed by atoms with Crippen LogP contribution >= 0.6 is 0 Å². The van der Waals surface area contributed by atoms with Crippen molar-refractivity contribution in [3.8, 4) is 0 Å². The topological polar surface area (TPSA) is 12.4 Å². The van der Waals surface area contributed by atoms with E-state index in [1.165, 1.54) is 5.57 Å². The van der Waals surface area contributed by atoms with Gasteiger partial charge < -0.3 is 0 Å². The molecule has 0 N–H and O–H groups in total. The molecule has 1 heteroatoms. The molecule has 8 heavy (non-hydrogen) atoms. The summed E-state index contributed by atoms with van der Waals surface area (Å²) in [5.74, 6) is 0.667. The Morgan fingerprint density at radius 2 is 2.50 bits per heavy atom. The maximum absolute atomic E-state index is 4.11. The van der Waals surface area contributed by atoms with Crippen LogP contribution in [-0.4, -0.2) is 12.8 Å². The van der Waals surface area contributed by atoms with Crippen LogP contribution in [-0.2, 0) is 0 Å². The van der Waals surface area contributed by atoms with Crippen LogP contribution < -0.4 is 0 Å². The van der Waals surface area contributed by atoms with E-state index in [0.717, 1.165) is 6.54 Å². The third-order valence-electron chi connectivity index (χ3n) is 1.60. The minimum absolute atomic E-state index is 0.667. The van der Waals surface area contributed by atoms with Crippen LogP contribution in [0.3, 0.4) is 0 Å². The van der Waals surface area contributed by atoms with E-state index in [4.69, 9.17) is 0 Å². The van der Waals surface area contributed by atoms with Gasteiger partial charge in [-0.05, 0) is 18.9 Å². The molecule has 1 aliphatic rings. The highest BCUT2D eigenvalue weighted by Crippen LogP contribution is 2.11. The van der Waals surface area contributed by atoms with Gasteiger partial charge in [0.25, 0.3) is 0 Å². The first-order valence-corrected chi connectivity index (χ1v) is 2.97. The van der Waals surface area contributed by atoms with Crippen molar-refractivity contribution in [2.75, 3.05) is 6.54 Å². The molecule has 1 unspecified atom stereocenters. The Balaban J connectivity index is 2.66. The Kier molecular flexibility index (Phi) is 1.47. The van der Waals surface area contributed by atoms with Crippen molar-refractivity contribution in [3.05, 3.63) is 11.6 Å². The molecular formula is C7H11N. The molecule has 0 aliphatic carbocycles. The Hall–Kier alpha value is -0.590. The Bertz CT molecular complexity index is 133. The fraction of sp³-hybridized carbons (Fsp3) is 0.571. The predicted molar refractivity (Wildman–Crippen MR) is 36.3 cm³/mol. The van der Waals surface area contributed by atoms with E-state index in [9.17, 15) is 0 Å². The average Bonchev–Trinajstić information content (AvgIpc) is 1.77. The van der Waals surface area contributed by atoms with E-state index in [2.05, 4.69) is 24.9 Å². The lowest BCUT2D eigenvalue weighted by Gasteiger charge is -2.10. The summed E-state index contributed by atoms with van der Waals surface area (Å²) in [7, 11) is 0. The zero-order chi connectivity index (χ0) is 5.98. The summed E-state index contributed by atoms with van der Waals surface area (Å²) < 4.78 is 0. The lowest BCUT2D eigenvalue weighted by Crippen LogP contribution is -2.04. The lowest BCUT2D eigenvalue weighted by molar-refractivity contribution is 0.690. The van der Waals surface area contributed by atoms with E-state index < -0.39 is 0 Å². The molecule has 0 bridgehead atoms. The second kappa shape index (κ2) is 2.12. The van der Waals surface area contributed by atoms with Crippen LogP contribution in [0.15, 0.2) is 16.6 Å². The van der Waals surface area contributed by atoms with Gasteiger partial charge in [-0.1, -0.05) is 12.5 Å². The zero-order valence-corrected chi connectivity index (χ0v) is 5.39. The molecule has 1 heterocycles. The maximum atomic E-state index is 4.11. The van der Waals surface area contributed by atoms with Gasteiger partial charge in [0.15, 0.2) is 0 Å². The van der Waals surface area contributed by atoms with Crippen molar-refractivity contribution in [1.29, 1.82) is 0 Å². The molecule has 1 nitrogen and oxygen atoms in total. The first-order chi connectivity index (χ1) is 3.80. The number of dihydropyridines is 1. The molecule has 0 spiro atoms. The van der Waals surface area contributed by atoms with Crippen LogP contribution in [0.4, 0.5) is 0 Å². The summed E-state index contributed by atoms with van der Waals surface area (Å²) in [6.07, 6.45) is 3.96. The summed E-state index contributed by atoms with van der Waals surface area (Å²) in [5.41, 5.74) is 1.44.